The summed E-state index contributed by atoms with van der Waals surface area (Å²) in [6.45, 7) is 7.77. The molecule has 1 aliphatic heterocycles. The highest BCUT2D eigenvalue weighted by molar-refractivity contribution is 4.81. The van der Waals surface area contributed by atoms with Gasteiger partial charge in [0.05, 0.1) is 25.9 Å². The lowest BCUT2D eigenvalue weighted by atomic mass is 10.2. The zero-order valence-electron chi connectivity index (χ0n) is 12.7. The molecule has 1 N–H and O–H groups in total. The van der Waals surface area contributed by atoms with Gasteiger partial charge in [0.15, 0.2) is 0 Å². The molecule has 2 atom stereocenters. The standard InChI is InChI=1S/C14H30N2O3/c1-4-16-7-5-6-13(16)10-15(2)11-14(17)12-19-9-8-18-3/h13-14,17H,4-12H2,1-3H3. The van der Waals surface area contributed by atoms with E-state index in [-0.39, 0.29) is 0 Å². The van der Waals surface area contributed by atoms with Gasteiger partial charge in [0.1, 0.15) is 0 Å². The van der Waals surface area contributed by atoms with E-state index in [9.17, 15) is 5.11 Å². The van der Waals surface area contributed by atoms with Crippen LogP contribution < -0.4 is 0 Å². The first-order chi connectivity index (χ1) is 9.17. The van der Waals surface area contributed by atoms with Crippen molar-refractivity contribution in [2.24, 2.45) is 0 Å². The maximum Gasteiger partial charge on any atom is 0.0900 e. The van der Waals surface area contributed by atoms with Gasteiger partial charge in [-0.1, -0.05) is 6.92 Å². The Kier molecular flexibility index (Phi) is 8.57. The second kappa shape index (κ2) is 9.66. The molecule has 5 nitrogen and oxygen atoms in total. The average molecular weight is 274 g/mol. The molecule has 1 saturated heterocycles. The van der Waals surface area contributed by atoms with Crippen LogP contribution in [0.25, 0.3) is 0 Å². The molecule has 0 aromatic carbocycles. The van der Waals surface area contributed by atoms with E-state index in [0.717, 1.165) is 13.1 Å². The van der Waals surface area contributed by atoms with Crippen molar-refractivity contribution in [3.05, 3.63) is 0 Å². The minimum Gasteiger partial charge on any atom is -0.389 e. The maximum absolute atomic E-state index is 9.89. The lowest BCUT2D eigenvalue weighted by Crippen LogP contribution is -2.42. The predicted octanol–water partition coefficient (Wildman–Crippen LogP) is 0.426. The first-order valence-electron chi connectivity index (χ1n) is 7.34. The number of nitrogens with zero attached hydrogens (tertiary/aromatic N) is 2. The summed E-state index contributed by atoms with van der Waals surface area (Å²) in [5.41, 5.74) is 0. The highest BCUT2D eigenvalue weighted by Crippen LogP contribution is 2.17. The molecule has 114 valence electrons. The third kappa shape index (κ3) is 6.68. The minimum absolute atomic E-state index is 0.385. The number of hydrogen-bond acceptors (Lipinski definition) is 5. The molecule has 19 heavy (non-hydrogen) atoms. The van der Waals surface area contributed by atoms with Crippen molar-refractivity contribution in [2.45, 2.75) is 31.9 Å². The number of methoxy groups -OCH3 is 1. The maximum atomic E-state index is 9.89. The largest absolute Gasteiger partial charge is 0.389 e. The van der Waals surface area contributed by atoms with Crippen LogP contribution in [-0.2, 0) is 9.47 Å². The van der Waals surface area contributed by atoms with E-state index in [2.05, 4.69) is 23.8 Å². The first-order valence-corrected chi connectivity index (χ1v) is 7.34. The van der Waals surface area contributed by atoms with Crippen molar-refractivity contribution in [3.8, 4) is 0 Å². The van der Waals surface area contributed by atoms with Crippen LogP contribution in [0.1, 0.15) is 19.8 Å². The molecule has 1 fully saturated rings. The summed E-state index contributed by atoms with van der Waals surface area (Å²) in [7, 11) is 3.72. The summed E-state index contributed by atoms with van der Waals surface area (Å²) in [4.78, 5) is 4.74. The average Bonchev–Trinajstić information content (AvgIpc) is 2.81. The molecule has 0 aromatic rings. The fourth-order valence-corrected chi connectivity index (χ4v) is 2.73. The van der Waals surface area contributed by atoms with E-state index < -0.39 is 6.10 Å². The molecule has 0 amide bonds. The summed E-state index contributed by atoms with van der Waals surface area (Å²) < 4.78 is 10.2. The summed E-state index contributed by atoms with van der Waals surface area (Å²) in [6.07, 6.45) is 2.16. The van der Waals surface area contributed by atoms with Gasteiger partial charge < -0.3 is 19.5 Å². The Hall–Kier alpha value is -0.200. The van der Waals surface area contributed by atoms with E-state index in [1.807, 2.05) is 0 Å². The zero-order chi connectivity index (χ0) is 14.1. The molecule has 5 heteroatoms. The van der Waals surface area contributed by atoms with E-state index in [0.29, 0.717) is 32.4 Å². The third-order valence-corrected chi connectivity index (χ3v) is 3.69. The smallest absolute Gasteiger partial charge is 0.0900 e. The molecule has 1 heterocycles. The van der Waals surface area contributed by atoms with Crippen molar-refractivity contribution in [1.29, 1.82) is 0 Å². The van der Waals surface area contributed by atoms with Gasteiger partial charge in [-0.25, -0.2) is 0 Å². The van der Waals surface area contributed by atoms with Crippen LogP contribution in [0.2, 0.25) is 0 Å². The second-order valence-electron chi connectivity index (χ2n) is 5.37. The molecule has 0 spiro atoms. The lowest BCUT2D eigenvalue weighted by Gasteiger charge is -2.28. The molecule has 1 rings (SSSR count). The van der Waals surface area contributed by atoms with Crippen molar-refractivity contribution in [3.63, 3.8) is 0 Å². The van der Waals surface area contributed by atoms with Crippen LogP contribution in [0.4, 0.5) is 0 Å². The molecule has 0 saturated carbocycles. The van der Waals surface area contributed by atoms with Gasteiger partial charge in [-0.15, -0.1) is 0 Å². The van der Waals surface area contributed by atoms with Gasteiger partial charge in [-0.2, -0.15) is 0 Å². The summed E-state index contributed by atoms with van der Waals surface area (Å²) >= 11 is 0. The van der Waals surface area contributed by atoms with Gasteiger partial charge in [-0.3, -0.25) is 4.90 Å². The molecule has 0 aliphatic carbocycles. The van der Waals surface area contributed by atoms with Gasteiger partial charge in [0, 0.05) is 26.2 Å². The van der Waals surface area contributed by atoms with Crippen LogP contribution in [-0.4, -0.2) is 87.2 Å². The molecular weight excluding hydrogens is 244 g/mol. The van der Waals surface area contributed by atoms with E-state index in [1.54, 1.807) is 7.11 Å². The molecular formula is C14H30N2O3. The highest BCUT2D eigenvalue weighted by atomic mass is 16.5. The fourth-order valence-electron chi connectivity index (χ4n) is 2.73. The Morgan fingerprint density at radius 3 is 2.89 bits per heavy atom. The zero-order valence-corrected chi connectivity index (χ0v) is 12.7. The van der Waals surface area contributed by atoms with Crippen molar-refractivity contribution >= 4 is 0 Å². The Morgan fingerprint density at radius 1 is 1.42 bits per heavy atom. The minimum atomic E-state index is -0.418. The quantitative estimate of drug-likeness (QED) is 0.585. The Balaban J connectivity index is 2.13. The van der Waals surface area contributed by atoms with E-state index in [1.165, 1.54) is 19.4 Å². The van der Waals surface area contributed by atoms with Crippen LogP contribution in [0.5, 0.6) is 0 Å². The van der Waals surface area contributed by atoms with Gasteiger partial charge in [0.2, 0.25) is 0 Å². The molecule has 0 aromatic heterocycles. The number of aliphatic hydroxyl groups excluding tert-OH is 1. The summed E-state index contributed by atoms with van der Waals surface area (Å²) in [6, 6.07) is 0.650. The SMILES string of the molecule is CCN1CCCC1CN(C)CC(O)COCCOC. The molecule has 2 unspecified atom stereocenters. The summed E-state index contributed by atoms with van der Waals surface area (Å²) in [5, 5.41) is 9.89. The van der Waals surface area contributed by atoms with E-state index in [4.69, 9.17) is 9.47 Å². The fraction of sp³-hybridized carbons (Fsp3) is 1.00. The lowest BCUT2D eigenvalue weighted by molar-refractivity contribution is 0.000418. The van der Waals surface area contributed by atoms with Gasteiger partial charge in [-0.05, 0) is 33.0 Å². The number of hydrogen-bond donors (Lipinski definition) is 1. The number of rotatable bonds is 10. The highest BCUT2D eigenvalue weighted by Gasteiger charge is 2.24. The predicted molar refractivity (Wildman–Crippen MR) is 76.5 cm³/mol. The number of likely N-dealkylation sites (tertiary alicyclic amines) is 1. The molecule has 0 radical (unpaired) electrons. The second-order valence-corrected chi connectivity index (χ2v) is 5.37. The monoisotopic (exact) mass is 274 g/mol. The van der Waals surface area contributed by atoms with Crippen LogP contribution in [0, 0.1) is 0 Å². The molecule has 1 aliphatic rings. The van der Waals surface area contributed by atoms with Crippen LogP contribution >= 0.6 is 0 Å². The Labute approximate surface area is 117 Å². The topological polar surface area (TPSA) is 45.2 Å². The Morgan fingerprint density at radius 2 is 2.21 bits per heavy atom. The normalized spacial score (nSPS) is 22.3. The number of aliphatic hydroxyl groups is 1. The number of ether oxygens (including phenoxy) is 2. The summed E-state index contributed by atoms with van der Waals surface area (Å²) in [5.74, 6) is 0. The van der Waals surface area contributed by atoms with Crippen molar-refractivity contribution < 1.29 is 14.6 Å². The van der Waals surface area contributed by atoms with Crippen molar-refractivity contribution in [1.82, 2.24) is 9.80 Å². The van der Waals surface area contributed by atoms with Crippen LogP contribution in [0.3, 0.4) is 0 Å². The Bertz CT molecular complexity index is 229. The third-order valence-electron chi connectivity index (χ3n) is 3.69. The van der Waals surface area contributed by atoms with Gasteiger partial charge in [0.25, 0.3) is 0 Å². The van der Waals surface area contributed by atoms with Crippen LogP contribution in [0.15, 0.2) is 0 Å². The van der Waals surface area contributed by atoms with E-state index >= 15 is 0 Å². The number of likely N-dealkylation sites (N-methyl/N-ethyl adjacent to an activating group) is 2. The molecule has 0 bridgehead atoms. The van der Waals surface area contributed by atoms with Crippen molar-refractivity contribution in [2.75, 3.05) is 60.2 Å². The van der Waals surface area contributed by atoms with Gasteiger partial charge >= 0.3 is 0 Å². The first kappa shape index (κ1) is 16.9.